The molecule has 3 rings (SSSR count). The molecule has 1 aliphatic carbocycles. The van der Waals surface area contributed by atoms with Crippen molar-refractivity contribution in [2.24, 2.45) is 11.3 Å². The fraction of sp³-hybridized carbons (Fsp3) is 0.875. The van der Waals surface area contributed by atoms with Gasteiger partial charge in [-0.1, -0.05) is 6.42 Å². The minimum absolute atomic E-state index is 0.197. The molecule has 0 bridgehead atoms. The molecule has 0 N–H and O–H groups in total. The second-order valence-electron chi connectivity index (χ2n) is 6.93. The Morgan fingerprint density at radius 3 is 2.76 bits per heavy atom. The van der Waals surface area contributed by atoms with Crippen molar-refractivity contribution in [2.45, 2.75) is 38.5 Å². The Kier molecular flexibility index (Phi) is 4.48. The number of hydrogen-bond donors (Lipinski definition) is 0. The minimum Gasteiger partial charge on any atom is -0.342 e. The first-order valence-corrected chi connectivity index (χ1v) is 9.60. The zero-order chi connectivity index (χ0) is 14.9. The topological polar surface area (TPSA) is 40.6 Å². The van der Waals surface area contributed by atoms with Gasteiger partial charge in [-0.15, -0.1) is 0 Å². The van der Waals surface area contributed by atoms with E-state index in [1.54, 1.807) is 11.8 Å². The van der Waals surface area contributed by atoms with E-state index in [1.807, 2.05) is 11.2 Å². The molecule has 21 heavy (non-hydrogen) atoms. The summed E-state index contributed by atoms with van der Waals surface area (Å²) in [4.78, 5) is 29.0. The fourth-order valence-electron chi connectivity index (χ4n) is 3.99. The molecule has 2 amide bonds. The number of piperidine rings is 1. The molecule has 2 heterocycles. The van der Waals surface area contributed by atoms with Crippen LogP contribution in [0.4, 0.5) is 0 Å². The van der Waals surface area contributed by atoms with Gasteiger partial charge < -0.3 is 9.80 Å². The van der Waals surface area contributed by atoms with Gasteiger partial charge in [-0.3, -0.25) is 9.59 Å². The lowest BCUT2D eigenvalue weighted by molar-refractivity contribution is -0.147. The average molecular weight is 310 g/mol. The maximum absolute atomic E-state index is 12.9. The first kappa shape index (κ1) is 15.2. The van der Waals surface area contributed by atoms with Gasteiger partial charge in [0, 0.05) is 26.2 Å². The van der Waals surface area contributed by atoms with E-state index >= 15 is 0 Å². The van der Waals surface area contributed by atoms with Crippen molar-refractivity contribution in [3.63, 3.8) is 0 Å². The van der Waals surface area contributed by atoms with Crippen LogP contribution < -0.4 is 0 Å². The summed E-state index contributed by atoms with van der Waals surface area (Å²) >= 11 is 1.57. The van der Waals surface area contributed by atoms with Crippen LogP contribution in [0.5, 0.6) is 0 Å². The number of thioether (sulfide) groups is 1. The Morgan fingerprint density at radius 1 is 1.29 bits per heavy atom. The fourth-order valence-corrected chi connectivity index (χ4v) is 4.42. The van der Waals surface area contributed by atoms with Crippen LogP contribution in [0, 0.1) is 11.3 Å². The maximum Gasteiger partial charge on any atom is 0.232 e. The van der Waals surface area contributed by atoms with E-state index in [0.717, 1.165) is 44.8 Å². The van der Waals surface area contributed by atoms with Gasteiger partial charge in [0.15, 0.2) is 0 Å². The third kappa shape index (κ3) is 2.94. The molecule has 1 spiro atoms. The van der Waals surface area contributed by atoms with Gasteiger partial charge in [0.25, 0.3) is 0 Å². The molecule has 2 saturated heterocycles. The highest BCUT2D eigenvalue weighted by atomic mass is 32.2. The van der Waals surface area contributed by atoms with Gasteiger partial charge >= 0.3 is 0 Å². The van der Waals surface area contributed by atoms with Crippen molar-refractivity contribution in [1.82, 2.24) is 9.80 Å². The van der Waals surface area contributed by atoms with E-state index < -0.39 is 0 Å². The summed E-state index contributed by atoms with van der Waals surface area (Å²) in [5.41, 5.74) is -0.254. The van der Waals surface area contributed by atoms with Crippen molar-refractivity contribution in [3.8, 4) is 0 Å². The quantitative estimate of drug-likeness (QED) is 0.797. The number of likely N-dealkylation sites (tertiary alicyclic amines) is 2. The Balaban J connectivity index is 1.63. The predicted octanol–water partition coefficient (Wildman–Crippen LogP) is 1.99. The zero-order valence-corrected chi connectivity index (χ0v) is 13.8. The molecule has 0 aromatic rings. The molecule has 1 saturated carbocycles. The van der Waals surface area contributed by atoms with Gasteiger partial charge in [0.05, 0.1) is 11.2 Å². The summed E-state index contributed by atoms with van der Waals surface area (Å²) in [6.07, 6.45) is 8.79. The van der Waals surface area contributed by atoms with Crippen molar-refractivity contribution in [2.75, 3.05) is 38.2 Å². The predicted molar refractivity (Wildman–Crippen MR) is 85.2 cm³/mol. The van der Waals surface area contributed by atoms with Crippen LogP contribution in [-0.4, -0.2) is 59.8 Å². The number of carbonyl (C=O) groups excluding carboxylic acids is 2. The van der Waals surface area contributed by atoms with Crippen LogP contribution in [0.3, 0.4) is 0 Å². The van der Waals surface area contributed by atoms with Crippen molar-refractivity contribution < 1.29 is 9.59 Å². The zero-order valence-electron chi connectivity index (χ0n) is 13.0. The molecule has 3 aliphatic rings. The Labute approximate surface area is 131 Å². The van der Waals surface area contributed by atoms with E-state index in [1.165, 1.54) is 19.3 Å². The summed E-state index contributed by atoms with van der Waals surface area (Å²) in [5.74, 6) is 1.80. The molecular formula is C16H26N2O2S. The summed E-state index contributed by atoms with van der Waals surface area (Å²) in [6, 6.07) is 0. The van der Waals surface area contributed by atoms with Crippen LogP contribution >= 0.6 is 11.8 Å². The van der Waals surface area contributed by atoms with Crippen LogP contribution in [-0.2, 0) is 9.59 Å². The van der Waals surface area contributed by atoms with E-state index in [-0.39, 0.29) is 11.3 Å². The SMILES string of the molecule is CSCC(=O)N1CCC2(CCCN(CC3CCC3)C2=O)C1. The molecule has 4 nitrogen and oxygen atoms in total. The number of amides is 2. The molecule has 2 aliphatic heterocycles. The Hall–Kier alpha value is -0.710. The van der Waals surface area contributed by atoms with Crippen LogP contribution in [0.25, 0.3) is 0 Å². The molecule has 0 aromatic carbocycles. The van der Waals surface area contributed by atoms with Gasteiger partial charge in [-0.25, -0.2) is 0 Å². The van der Waals surface area contributed by atoms with Gasteiger partial charge in [0.1, 0.15) is 0 Å². The lowest BCUT2D eigenvalue weighted by Crippen LogP contribution is -2.52. The number of carbonyl (C=O) groups is 2. The molecule has 118 valence electrons. The van der Waals surface area contributed by atoms with E-state index in [9.17, 15) is 9.59 Å². The summed E-state index contributed by atoms with van der Waals surface area (Å²) in [5, 5.41) is 0. The third-order valence-electron chi connectivity index (χ3n) is 5.50. The van der Waals surface area contributed by atoms with Crippen molar-refractivity contribution in [3.05, 3.63) is 0 Å². The average Bonchev–Trinajstić information content (AvgIpc) is 2.84. The first-order chi connectivity index (χ1) is 10.1. The second kappa shape index (κ2) is 6.19. The third-order valence-corrected chi connectivity index (χ3v) is 6.04. The summed E-state index contributed by atoms with van der Waals surface area (Å²) in [7, 11) is 0. The number of hydrogen-bond acceptors (Lipinski definition) is 3. The smallest absolute Gasteiger partial charge is 0.232 e. The highest BCUT2D eigenvalue weighted by Crippen LogP contribution is 2.41. The minimum atomic E-state index is -0.254. The lowest BCUT2D eigenvalue weighted by Gasteiger charge is -2.42. The first-order valence-electron chi connectivity index (χ1n) is 8.21. The van der Waals surface area contributed by atoms with Gasteiger partial charge in [0.2, 0.25) is 11.8 Å². The van der Waals surface area contributed by atoms with Crippen LogP contribution in [0.15, 0.2) is 0 Å². The Bertz CT molecular complexity index is 425. The van der Waals surface area contributed by atoms with E-state index in [0.29, 0.717) is 18.2 Å². The molecule has 1 unspecified atom stereocenters. The molecule has 0 radical (unpaired) electrons. The van der Waals surface area contributed by atoms with E-state index in [4.69, 9.17) is 0 Å². The Morgan fingerprint density at radius 2 is 2.10 bits per heavy atom. The van der Waals surface area contributed by atoms with Crippen molar-refractivity contribution in [1.29, 1.82) is 0 Å². The maximum atomic E-state index is 12.9. The largest absolute Gasteiger partial charge is 0.342 e. The second-order valence-corrected chi connectivity index (χ2v) is 7.80. The molecular weight excluding hydrogens is 284 g/mol. The van der Waals surface area contributed by atoms with Crippen molar-refractivity contribution >= 4 is 23.6 Å². The summed E-state index contributed by atoms with van der Waals surface area (Å²) < 4.78 is 0. The number of rotatable bonds is 4. The van der Waals surface area contributed by atoms with Gasteiger partial charge in [-0.05, 0) is 44.3 Å². The number of nitrogens with zero attached hydrogens (tertiary/aromatic N) is 2. The molecule has 0 aromatic heterocycles. The lowest BCUT2D eigenvalue weighted by atomic mass is 9.77. The monoisotopic (exact) mass is 310 g/mol. The summed E-state index contributed by atoms with van der Waals surface area (Å²) in [6.45, 7) is 3.31. The van der Waals surface area contributed by atoms with E-state index in [2.05, 4.69) is 4.90 Å². The highest BCUT2D eigenvalue weighted by molar-refractivity contribution is 7.99. The highest BCUT2D eigenvalue weighted by Gasteiger charge is 2.49. The van der Waals surface area contributed by atoms with Crippen LogP contribution in [0.2, 0.25) is 0 Å². The van der Waals surface area contributed by atoms with Gasteiger partial charge in [-0.2, -0.15) is 11.8 Å². The normalized spacial score (nSPS) is 30.0. The molecule has 5 heteroatoms. The molecule has 1 atom stereocenters. The standard InChI is InChI=1S/C16H26N2O2S/c1-21-11-14(19)18-9-7-16(12-18)6-3-8-17(15(16)20)10-13-4-2-5-13/h13H,2-12H2,1H3. The van der Waals surface area contributed by atoms with Crippen LogP contribution in [0.1, 0.15) is 38.5 Å². The molecule has 3 fully saturated rings.